The predicted octanol–water partition coefficient (Wildman–Crippen LogP) is 4.43. The molecule has 5 rings (SSSR count). The molecule has 0 aliphatic carbocycles. The topological polar surface area (TPSA) is 91.0 Å². The van der Waals surface area contributed by atoms with Gasteiger partial charge in [0.25, 0.3) is 5.91 Å². The zero-order valence-electron chi connectivity index (χ0n) is 19.8. The lowest BCUT2D eigenvalue weighted by atomic mass is 10.1. The highest BCUT2D eigenvalue weighted by Crippen LogP contribution is 2.35. The molecule has 2 aliphatic rings. The molecular weight excluding hydrogens is 543 g/mol. The number of carbonyl (C=O) groups excluding carboxylic acids is 1. The lowest BCUT2D eigenvalue weighted by molar-refractivity contribution is -0.139. The molecule has 0 atom stereocenters. The SMILES string of the molecule is O=C(O)CN1CCN(C2=NC(=O)/C(=C/c3ccc4c(cnn4Cc4ccc(Cl)cc4C(F)(F)F)c3)S2)CC1. The number of hydrogen-bond donors (Lipinski definition) is 1. The van der Waals surface area contributed by atoms with Crippen LogP contribution in [-0.2, 0) is 22.3 Å². The fourth-order valence-corrected chi connectivity index (χ4v) is 5.54. The minimum atomic E-state index is -4.54. The van der Waals surface area contributed by atoms with E-state index in [0.29, 0.717) is 47.2 Å². The van der Waals surface area contributed by atoms with Crippen LogP contribution in [0.15, 0.2) is 52.5 Å². The highest BCUT2D eigenvalue weighted by atomic mass is 35.5. The van der Waals surface area contributed by atoms with Gasteiger partial charge in [-0.25, -0.2) is 0 Å². The van der Waals surface area contributed by atoms with E-state index in [1.165, 1.54) is 28.6 Å². The van der Waals surface area contributed by atoms with Crippen molar-refractivity contribution in [2.45, 2.75) is 12.7 Å². The van der Waals surface area contributed by atoms with Gasteiger partial charge in [-0.2, -0.15) is 23.3 Å². The van der Waals surface area contributed by atoms with Crippen molar-refractivity contribution in [2.24, 2.45) is 4.99 Å². The van der Waals surface area contributed by atoms with Gasteiger partial charge in [0.15, 0.2) is 5.17 Å². The van der Waals surface area contributed by atoms with Gasteiger partial charge in [0.2, 0.25) is 0 Å². The number of aliphatic carboxylic acids is 1. The number of amidine groups is 1. The number of alkyl halides is 3. The van der Waals surface area contributed by atoms with Crippen molar-refractivity contribution in [1.82, 2.24) is 19.6 Å². The Kier molecular flexibility index (Phi) is 7.21. The van der Waals surface area contributed by atoms with Crippen LogP contribution >= 0.6 is 23.4 Å². The Morgan fingerprint density at radius 1 is 1.13 bits per heavy atom. The maximum absolute atomic E-state index is 13.5. The Hall–Kier alpha value is -3.35. The molecule has 1 N–H and O–H groups in total. The Morgan fingerprint density at radius 2 is 1.89 bits per heavy atom. The summed E-state index contributed by atoms with van der Waals surface area (Å²) in [6, 6.07) is 9.03. The number of carboxylic acid groups (broad SMARTS) is 1. The normalized spacial score (nSPS) is 18.0. The number of piperazine rings is 1. The van der Waals surface area contributed by atoms with Crippen molar-refractivity contribution in [2.75, 3.05) is 32.7 Å². The largest absolute Gasteiger partial charge is 0.480 e. The molecule has 3 heterocycles. The summed E-state index contributed by atoms with van der Waals surface area (Å²) in [5.74, 6) is -1.22. The number of benzene rings is 2. The number of amides is 1. The second-order valence-corrected chi connectivity index (χ2v) is 10.3. The van der Waals surface area contributed by atoms with Gasteiger partial charge < -0.3 is 10.0 Å². The summed E-state index contributed by atoms with van der Waals surface area (Å²) in [6.45, 7) is 2.20. The maximum Gasteiger partial charge on any atom is 0.416 e. The number of aliphatic imine (C=N–C) groups is 1. The Bertz CT molecular complexity index is 1480. The van der Waals surface area contributed by atoms with Gasteiger partial charge in [0.05, 0.1) is 35.3 Å². The summed E-state index contributed by atoms with van der Waals surface area (Å²) in [4.78, 5) is 31.9. The van der Waals surface area contributed by atoms with E-state index in [0.717, 1.165) is 11.6 Å². The van der Waals surface area contributed by atoms with E-state index >= 15 is 0 Å². The first kappa shape index (κ1) is 26.3. The molecule has 13 heteroatoms. The van der Waals surface area contributed by atoms with Crippen molar-refractivity contribution in [1.29, 1.82) is 0 Å². The second kappa shape index (κ2) is 10.4. The van der Waals surface area contributed by atoms with Crippen LogP contribution in [0.25, 0.3) is 17.0 Å². The van der Waals surface area contributed by atoms with Gasteiger partial charge >= 0.3 is 12.1 Å². The van der Waals surface area contributed by atoms with E-state index in [4.69, 9.17) is 16.7 Å². The third kappa shape index (κ3) is 5.71. The van der Waals surface area contributed by atoms with Crippen molar-refractivity contribution >= 4 is 57.4 Å². The smallest absolute Gasteiger partial charge is 0.416 e. The number of halogens is 4. The van der Waals surface area contributed by atoms with Crippen LogP contribution in [0.1, 0.15) is 16.7 Å². The fraction of sp³-hybridized carbons (Fsp3) is 0.280. The number of hydrogen-bond acceptors (Lipinski definition) is 6. The summed E-state index contributed by atoms with van der Waals surface area (Å²) in [7, 11) is 0. The van der Waals surface area contributed by atoms with Crippen LogP contribution in [0, 0.1) is 0 Å². The van der Waals surface area contributed by atoms with Crippen LogP contribution in [0.2, 0.25) is 5.02 Å². The highest BCUT2D eigenvalue weighted by molar-refractivity contribution is 8.18. The third-order valence-electron chi connectivity index (χ3n) is 6.27. The molecule has 1 fully saturated rings. The lowest BCUT2D eigenvalue weighted by Crippen LogP contribution is -2.49. The van der Waals surface area contributed by atoms with Gasteiger partial charge in [0, 0.05) is 36.6 Å². The van der Waals surface area contributed by atoms with E-state index in [1.807, 2.05) is 15.9 Å². The van der Waals surface area contributed by atoms with Crippen molar-refractivity contribution in [3.63, 3.8) is 0 Å². The standard InChI is InChI=1S/C25H21ClF3N5O3S/c26-18-3-2-16(19(11-18)25(27,28)29)13-34-20-4-1-15(9-17(20)12-30-34)10-21-23(37)31-24(38-21)33-7-5-32(6-8-33)14-22(35)36/h1-4,9-12H,5-8,13-14H2,(H,35,36)/b21-10-. The average Bonchev–Trinajstić information content (AvgIpc) is 3.42. The number of aromatic nitrogens is 2. The first-order valence-corrected chi connectivity index (χ1v) is 12.8. The zero-order valence-corrected chi connectivity index (χ0v) is 21.4. The molecule has 0 saturated carbocycles. The number of thioether (sulfide) groups is 1. The monoisotopic (exact) mass is 563 g/mol. The van der Waals surface area contributed by atoms with Crippen LogP contribution in [0.3, 0.4) is 0 Å². The zero-order chi connectivity index (χ0) is 27.0. The molecule has 0 unspecified atom stereocenters. The summed E-state index contributed by atoms with van der Waals surface area (Å²) < 4.78 is 42.0. The quantitative estimate of drug-likeness (QED) is 0.459. The summed E-state index contributed by atoms with van der Waals surface area (Å²) in [5, 5.41) is 14.5. The first-order valence-electron chi connectivity index (χ1n) is 11.6. The summed E-state index contributed by atoms with van der Waals surface area (Å²) in [5.41, 5.74) is 0.639. The molecule has 8 nitrogen and oxygen atoms in total. The summed E-state index contributed by atoms with van der Waals surface area (Å²) >= 11 is 7.05. The van der Waals surface area contributed by atoms with Crippen LogP contribution in [0.5, 0.6) is 0 Å². The Labute approximate surface area is 224 Å². The van der Waals surface area contributed by atoms with E-state index in [2.05, 4.69) is 10.1 Å². The van der Waals surface area contributed by atoms with Crippen LogP contribution in [-0.4, -0.2) is 74.5 Å². The number of carboxylic acids is 1. The van der Waals surface area contributed by atoms with Crippen LogP contribution < -0.4 is 0 Å². The van der Waals surface area contributed by atoms with Gasteiger partial charge in [-0.3, -0.25) is 19.2 Å². The molecule has 1 saturated heterocycles. The van der Waals surface area contributed by atoms with Crippen LogP contribution in [0.4, 0.5) is 13.2 Å². The molecule has 198 valence electrons. The molecule has 1 aromatic heterocycles. The molecule has 0 bridgehead atoms. The number of carbonyl (C=O) groups is 2. The number of rotatable bonds is 5. The molecule has 2 aromatic carbocycles. The molecule has 2 aliphatic heterocycles. The molecule has 0 radical (unpaired) electrons. The minimum absolute atomic E-state index is 0.0102. The highest BCUT2D eigenvalue weighted by Gasteiger charge is 2.34. The van der Waals surface area contributed by atoms with Gasteiger partial charge in [-0.15, -0.1) is 0 Å². The maximum atomic E-state index is 13.5. The minimum Gasteiger partial charge on any atom is -0.480 e. The molecule has 0 spiro atoms. The van der Waals surface area contributed by atoms with E-state index in [9.17, 15) is 22.8 Å². The molecule has 1 amide bonds. The van der Waals surface area contributed by atoms with E-state index < -0.39 is 17.7 Å². The fourth-order valence-electron chi connectivity index (χ4n) is 4.41. The van der Waals surface area contributed by atoms with Crippen molar-refractivity contribution in [3.05, 3.63) is 69.2 Å². The third-order valence-corrected chi connectivity index (χ3v) is 7.55. The Morgan fingerprint density at radius 3 is 2.61 bits per heavy atom. The Balaban J connectivity index is 1.30. The molecular formula is C25H21ClF3N5O3S. The van der Waals surface area contributed by atoms with Crippen molar-refractivity contribution in [3.8, 4) is 0 Å². The number of nitrogens with zero attached hydrogens (tertiary/aromatic N) is 5. The average molecular weight is 564 g/mol. The van der Waals surface area contributed by atoms with E-state index in [-0.39, 0.29) is 29.6 Å². The van der Waals surface area contributed by atoms with Gasteiger partial charge in [-0.1, -0.05) is 23.7 Å². The first-order chi connectivity index (χ1) is 18.1. The predicted molar refractivity (Wildman–Crippen MR) is 139 cm³/mol. The number of fused-ring (bicyclic) bond motifs is 1. The van der Waals surface area contributed by atoms with E-state index in [1.54, 1.807) is 24.4 Å². The molecule has 38 heavy (non-hydrogen) atoms. The van der Waals surface area contributed by atoms with Gasteiger partial charge in [0.1, 0.15) is 0 Å². The van der Waals surface area contributed by atoms with Crippen molar-refractivity contribution < 1.29 is 27.9 Å². The summed E-state index contributed by atoms with van der Waals surface area (Å²) in [6.07, 6.45) is -1.24. The second-order valence-electron chi connectivity index (χ2n) is 8.89. The molecule has 3 aromatic rings. The van der Waals surface area contributed by atoms with Gasteiger partial charge in [-0.05, 0) is 53.2 Å². The lowest BCUT2D eigenvalue weighted by Gasteiger charge is -2.34.